The van der Waals surface area contributed by atoms with Gasteiger partial charge in [-0.1, -0.05) is 19.4 Å². The number of ketones is 2. The fraction of sp³-hybridized carbons (Fsp3) is 0.810. The smallest absolute Gasteiger partial charge is 0.179 e. The summed E-state index contributed by atoms with van der Waals surface area (Å²) in [5, 5.41) is 22.3. The van der Waals surface area contributed by atoms with Crippen LogP contribution in [-0.4, -0.2) is 45.0 Å². The predicted octanol–water partition coefficient (Wildman–Crippen LogP) is 3.12. The van der Waals surface area contributed by atoms with Crippen LogP contribution in [0.4, 0.5) is 4.39 Å². The Kier molecular flexibility index (Phi) is 4.24. The van der Waals surface area contributed by atoms with Crippen molar-refractivity contribution in [3.63, 3.8) is 0 Å². The van der Waals surface area contributed by atoms with Crippen molar-refractivity contribution in [2.75, 3.05) is 5.88 Å². The van der Waals surface area contributed by atoms with E-state index in [9.17, 15) is 19.8 Å². The molecule has 6 heteroatoms. The maximum Gasteiger partial charge on any atom is 0.179 e. The Morgan fingerprint density at radius 1 is 1.26 bits per heavy atom. The van der Waals surface area contributed by atoms with Gasteiger partial charge in [0.05, 0.1) is 12.0 Å². The molecule has 4 rings (SSSR count). The molecule has 0 aromatic heterocycles. The Morgan fingerprint density at radius 2 is 1.96 bits per heavy atom. The third kappa shape index (κ3) is 2.17. The van der Waals surface area contributed by atoms with Gasteiger partial charge in [0, 0.05) is 23.2 Å². The van der Waals surface area contributed by atoms with E-state index in [-0.39, 0.29) is 30.4 Å². The number of hydrogen-bond acceptors (Lipinski definition) is 4. The zero-order valence-corrected chi connectivity index (χ0v) is 16.7. The molecule has 7 atom stereocenters. The molecule has 0 bridgehead atoms. The van der Waals surface area contributed by atoms with Crippen molar-refractivity contribution >= 4 is 23.2 Å². The van der Waals surface area contributed by atoms with Crippen molar-refractivity contribution < 1.29 is 24.2 Å². The van der Waals surface area contributed by atoms with Crippen LogP contribution in [0.1, 0.15) is 58.8 Å². The molecule has 1 unspecified atom stereocenters. The Bertz CT molecular complexity index is 738. The summed E-state index contributed by atoms with van der Waals surface area (Å²) in [5.41, 5.74) is -4.41. The van der Waals surface area contributed by atoms with Crippen molar-refractivity contribution in [2.24, 2.45) is 22.7 Å². The van der Waals surface area contributed by atoms with Gasteiger partial charge >= 0.3 is 0 Å². The van der Waals surface area contributed by atoms with Gasteiger partial charge in [0.1, 0.15) is 11.3 Å². The fourth-order valence-electron chi connectivity index (χ4n) is 7.14. The topological polar surface area (TPSA) is 74.6 Å². The Labute approximate surface area is 164 Å². The molecule has 4 aliphatic rings. The number of alkyl halides is 2. The van der Waals surface area contributed by atoms with Gasteiger partial charge in [0.15, 0.2) is 11.6 Å². The number of allylic oxidation sites excluding steroid dienone is 1. The first-order chi connectivity index (χ1) is 12.5. The van der Waals surface area contributed by atoms with Gasteiger partial charge in [0.2, 0.25) is 0 Å². The van der Waals surface area contributed by atoms with Crippen molar-refractivity contribution in [1.82, 2.24) is 0 Å². The summed E-state index contributed by atoms with van der Waals surface area (Å²) in [6, 6.07) is 0. The van der Waals surface area contributed by atoms with Crippen molar-refractivity contribution in [3.05, 3.63) is 11.6 Å². The molecular weight excluding hydrogens is 371 g/mol. The SMILES string of the molecule is C[C@]12CCC(=O)C=C1CC[C@H]1[C@@H]3CC[C@](O)(C(=O)CCl)[C@@]3(C)CC(O)[C@@]12F. The standard InChI is InChI=1S/C21H28ClFO4/c1-18-7-5-13(24)9-12(18)3-4-15-14-6-8-20(27,17(26)11-22)19(14,2)10-16(25)21(15,18)23/h9,14-16,25,27H,3-8,10-11H2,1-2H3/t14-,15-,16?,18-,19-,20-,21-/m0/s1. The number of hydrogen-bond donors (Lipinski definition) is 2. The molecule has 0 heterocycles. The van der Waals surface area contributed by atoms with Crippen LogP contribution in [0.3, 0.4) is 0 Å². The molecular formula is C21H28ClFO4. The maximum absolute atomic E-state index is 16.8. The minimum atomic E-state index is -1.85. The van der Waals surface area contributed by atoms with Crippen LogP contribution in [0.5, 0.6) is 0 Å². The van der Waals surface area contributed by atoms with Crippen LogP contribution in [0, 0.1) is 22.7 Å². The number of carbonyl (C=O) groups excluding carboxylic acids is 2. The van der Waals surface area contributed by atoms with E-state index in [1.165, 1.54) is 0 Å². The maximum atomic E-state index is 16.8. The van der Waals surface area contributed by atoms with Crippen molar-refractivity contribution in [2.45, 2.75) is 76.2 Å². The first-order valence-corrected chi connectivity index (χ1v) is 10.5. The third-order valence-corrected chi connectivity index (χ3v) is 9.02. The molecule has 2 N–H and O–H groups in total. The van der Waals surface area contributed by atoms with E-state index < -0.39 is 39.9 Å². The van der Waals surface area contributed by atoms with Crippen molar-refractivity contribution in [3.8, 4) is 0 Å². The summed E-state index contributed by atoms with van der Waals surface area (Å²) in [4.78, 5) is 24.4. The quantitative estimate of drug-likeness (QED) is 0.701. The van der Waals surface area contributed by atoms with E-state index >= 15 is 4.39 Å². The van der Waals surface area contributed by atoms with Crippen LogP contribution >= 0.6 is 11.6 Å². The lowest BCUT2D eigenvalue weighted by Gasteiger charge is -2.63. The molecule has 4 nitrogen and oxygen atoms in total. The largest absolute Gasteiger partial charge is 0.390 e. The average Bonchev–Trinajstić information content (AvgIpc) is 2.88. The molecule has 0 aliphatic heterocycles. The van der Waals surface area contributed by atoms with Crippen molar-refractivity contribution in [1.29, 1.82) is 0 Å². The highest BCUT2D eigenvalue weighted by Gasteiger charge is 2.74. The van der Waals surface area contributed by atoms with Gasteiger partial charge in [-0.05, 0) is 50.5 Å². The highest BCUT2D eigenvalue weighted by Crippen LogP contribution is 2.70. The number of aliphatic hydroxyl groups is 2. The summed E-state index contributed by atoms with van der Waals surface area (Å²) < 4.78 is 16.8. The van der Waals surface area contributed by atoms with Crippen LogP contribution in [0.25, 0.3) is 0 Å². The molecule has 27 heavy (non-hydrogen) atoms. The van der Waals surface area contributed by atoms with Crippen LogP contribution < -0.4 is 0 Å². The molecule has 4 aliphatic carbocycles. The van der Waals surface area contributed by atoms with Gasteiger partial charge in [-0.3, -0.25) is 9.59 Å². The minimum absolute atomic E-state index is 0.0284. The number of aliphatic hydroxyl groups excluding tert-OH is 1. The van der Waals surface area contributed by atoms with Crippen LogP contribution in [-0.2, 0) is 9.59 Å². The normalized spacial score (nSPS) is 51.9. The zero-order valence-electron chi connectivity index (χ0n) is 15.9. The lowest BCUT2D eigenvalue weighted by atomic mass is 9.44. The molecule has 3 saturated carbocycles. The van der Waals surface area contributed by atoms with Gasteiger partial charge < -0.3 is 10.2 Å². The van der Waals surface area contributed by atoms with Gasteiger partial charge in [-0.2, -0.15) is 0 Å². The lowest BCUT2D eigenvalue weighted by Crippen LogP contribution is -2.69. The van der Waals surface area contributed by atoms with E-state index in [2.05, 4.69) is 0 Å². The minimum Gasteiger partial charge on any atom is -0.390 e. The molecule has 0 radical (unpaired) electrons. The third-order valence-electron chi connectivity index (χ3n) is 8.78. The summed E-state index contributed by atoms with van der Waals surface area (Å²) >= 11 is 5.76. The molecule has 150 valence electrons. The lowest BCUT2D eigenvalue weighted by molar-refractivity contribution is -0.225. The van der Waals surface area contributed by atoms with Gasteiger partial charge in [-0.15, -0.1) is 11.6 Å². The highest BCUT2D eigenvalue weighted by molar-refractivity contribution is 6.29. The Morgan fingerprint density at radius 3 is 2.63 bits per heavy atom. The molecule has 0 aromatic rings. The number of halogens is 2. The monoisotopic (exact) mass is 398 g/mol. The highest BCUT2D eigenvalue weighted by atomic mass is 35.5. The molecule has 0 amide bonds. The second kappa shape index (κ2) is 5.87. The molecule has 0 saturated heterocycles. The average molecular weight is 399 g/mol. The van der Waals surface area contributed by atoms with E-state index in [1.54, 1.807) is 6.08 Å². The number of Topliss-reactive ketones (excluding diaryl/α,β-unsaturated/α-hetero) is 1. The van der Waals surface area contributed by atoms with E-state index in [4.69, 9.17) is 11.6 Å². The molecule has 3 fully saturated rings. The fourth-order valence-corrected chi connectivity index (χ4v) is 7.36. The van der Waals surface area contributed by atoms with E-state index in [1.807, 2.05) is 13.8 Å². The molecule has 0 spiro atoms. The first-order valence-electron chi connectivity index (χ1n) is 9.97. The van der Waals surface area contributed by atoms with Crippen LogP contribution in [0.15, 0.2) is 11.6 Å². The summed E-state index contributed by atoms with van der Waals surface area (Å²) in [7, 11) is 0. The zero-order chi connectivity index (χ0) is 19.8. The van der Waals surface area contributed by atoms with Crippen LogP contribution in [0.2, 0.25) is 0 Å². The van der Waals surface area contributed by atoms with E-state index in [0.29, 0.717) is 32.1 Å². The number of carbonyl (C=O) groups is 2. The predicted molar refractivity (Wildman–Crippen MR) is 99.1 cm³/mol. The van der Waals surface area contributed by atoms with Gasteiger partial charge in [-0.25, -0.2) is 4.39 Å². The second-order valence-electron chi connectivity index (χ2n) is 9.58. The Hall–Kier alpha value is -0.780. The number of fused-ring (bicyclic) bond motifs is 5. The summed E-state index contributed by atoms with van der Waals surface area (Å²) in [6.07, 6.45) is 2.97. The Balaban J connectivity index is 1.80. The second-order valence-corrected chi connectivity index (χ2v) is 9.85. The summed E-state index contributed by atoms with van der Waals surface area (Å²) in [5.74, 6) is -1.33. The van der Waals surface area contributed by atoms with E-state index in [0.717, 1.165) is 5.57 Å². The summed E-state index contributed by atoms with van der Waals surface area (Å²) in [6.45, 7) is 3.66. The first kappa shape index (κ1) is 19.5. The number of rotatable bonds is 2. The molecule has 0 aromatic carbocycles. The van der Waals surface area contributed by atoms with Gasteiger partial charge in [0.25, 0.3) is 0 Å².